The van der Waals surface area contributed by atoms with Crippen molar-refractivity contribution in [2.45, 2.75) is 84.2 Å². The van der Waals surface area contributed by atoms with Crippen molar-refractivity contribution < 1.29 is 14.0 Å². The molecule has 1 N–H and O–H groups in total. The van der Waals surface area contributed by atoms with Crippen LogP contribution in [0.4, 0.5) is 4.79 Å². The molecule has 0 aliphatic heterocycles. The second kappa shape index (κ2) is 8.16. The Morgan fingerprint density at radius 1 is 1.23 bits per heavy atom. The highest BCUT2D eigenvalue weighted by molar-refractivity contribution is 6.74. The average molecular weight is 330 g/mol. The maximum absolute atomic E-state index is 11.7. The van der Waals surface area contributed by atoms with Crippen LogP contribution in [0.15, 0.2) is 12.7 Å². The minimum absolute atomic E-state index is 0.0853. The summed E-state index contributed by atoms with van der Waals surface area (Å²) in [5.74, 6) is 0. The molecular formula is C17H35NO3Si. The van der Waals surface area contributed by atoms with Crippen LogP contribution in [0, 0.1) is 0 Å². The van der Waals surface area contributed by atoms with Crippen molar-refractivity contribution in [1.29, 1.82) is 0 Å². The van der Waals surface area contributed by atoms with Crippen LogP contribution in [-0.2, 0) is 9.16 Å². The van der Waals surface area contributed by atoms with Crippen LogP contribution in [0.1, 0.15) is 54.4 Å². The molecule has 0 aliphatic carbocycles. The molecule has 1 atom stereocenters. The van der Waals surface area contributed by atoms with Crippen LogP contribution in [0.5, 0.6) is 0 Å². The first kappa shape index (κ1) is 21.2. The number of ether oxygens (including phenoxy) is 1. The van der Waals surface area contributed by atoms with E-state index in [0.717, 1.165) is 19.4 Å². The van der Waals surface area contributed by atoms with Gasteiger partial charge in [0.05, 0.1) is 6.04 Å². The third kappa shape index (κ3) is 8.59. The van der Waals surface area contributed by atoms with Gasteiger partial charge in [-0.1, -0.05) is 26.8 Å². The molecule has 0 radical (unpaired) electrons. The number of carbonyl (C=O) groups is 1. The van der Waals surface area contributed by atoms with E-state index in [1.807, 2.05) is 20.8 Å². The van der Waals surface area contributed by atoms with Gasteiger partial charge in [-0.2, -0.15) is 0 Å². The van der Waals surface area contributed by atoms with Crippen LogP contribution >= 0.6 is 0 Å². The van der Waals surface area contributed by atoms with Crippen LogP contribution in [0.3, 0.4) is 0 Å². The van der Waals surface area contributed by atoms with Crippen molar-refractivity contribution in [3.05, 3.63) is 12.7 Å². The summed E-state index contributed by atoms with van der Waals surface area (Å²) >= 11 is 0. The summed E-state index contributed by atoms with van der Waals surface area (Å²) in [6.45, 7) is 21.2. The molecule has 130 valence electrons. The second-order valence-electron chi connectivity index (χ2n) is 8.24. The molecule has 0 fully saturated rings. The average Bonchev–Trinajstić information content (AvgIpc) is 2.29. The second-order valence-corrected chi connectivity index (χ2v) is 13.0. The standard InChI is InChI=1S/C17H35NO3Si/c1-10-14(18-15(19)21-16(2,3)4)12-11-13-20-22(8,9)17(5,6)7/h10,14H,1,11-13H2,2-9H3,(H,18,19)/t14-/m1/s1. The largest absolute Gasteiger partial charge is 0.444 e. The van der Waals surface area contributed by atoms with E-state index in [9.17, 15) is 4.79 Å². The third-order valence-electron chi connectivity index (χ3n) is 3.92. The van der Waals surface area contributed by atoms with Gasteiger partial charge in [-0.15, -0.1) is 6.58 Å². The van der Waals surface area contributed by atoms with Crippen molar-refractivity contribution in [1.82, 2.24) is 5.32 Å². The zero-order valence-electron chi connectivity index (χ0n) is 15.7. The molecule has 0 spiro atoms. The van der Waals surface area contributed by atoms with Crippen LogP contribution in [0.2, 0.25) is 18.1 Å². The maximum Gasteiger partial charge on any atom is 0.408 e. The predicted molar refractivity (Wildman–Crippen MR) is 95.7 cm³/mol. The van der Waals surface area contributed by atoms with E-state index in [1.165, 1.54) is 0 Å². The highest BCUT2D eigenvalue weighted by Crippen LogP contribution is 2.36. The number of carbonyl (C=O) groups excluding carboxylic acids is 1. The van der Waals surface area contributed by atoms with Crippen LogP contribution < -0.4 is 5.32 Å². The smallest absolute Gasteiger partial charge is 0.408 e. The molecule has 0 aromatic heterocycles. The van der Waals surface area contributed by atoms with Crippen LogP contribution in [-0.4, -0.2) is 32.7 Å². The molecule has 0 heterocycles. The SMILES string of the molecule is C=C[C@H](CCCO[Si](C)(C)C(C)(C)C)NC(=O)OC(C)(C)C. The Hall–Kier alpha value is -0.813. The lowest BCUT2D eigenvalue weighted by atomic mass is 10.1. The van der Waals surface area contributed by atoms with Gasteiger partial charge in [-0.3, -0.25) is 0 Å². The summed E-state index contributed by atoms with van der Waals surface area (Å²) < 4.78 is 11.4. The zero-order valence-corrected chi connectivity index (χ0v) is 16.7. The molecule has 0 unspecified atom stereocenters. The lowest BCUT2D eigenvalue weighted by molar-refractivity contribution is 0.0511. The summed E-state index contributed by atoms with van der Waals surface area (Å²) in [5, 5.41) is 3.05. The minimum Gasteiger partial charge on any atom is -0.444 e. The highest BCUT2D eigenvalue weighted by Gasteiger charge is 2.36. The Balaban J connectivity index is 4.17. The third-order valence-corrected chi connectivity index (χ3v) is 8.45. The Morgan fingerprint density at radius 2 is 1.77 bits per heavy atom. The molecule has 5 heteroatoms. The van der Waals surface area contributed by atoms with E-state index in [1.54, 1.807) is 6.08 Å². The molecule has 4 nitrogen and oxygen atoms in total. The summed E-state index contributed by atoms with van der Waals surface area (Å²) in [6, 6.07) is -0.0853. The van der Waals surface area contributed by atoms with E-state index < -0.39 is 20.0 Å². The fourth-order valence-electron chi connectivity index (χ4n) is 1.55. The van der Waals surface area contributed by atoms with E-state index >= 15 is 0 Å². The van der Waals surface area contributed by atoms with Crippen molar-refractivity contribution in [3.8, 4) is 0 Å². The Kier molecular flexibility index (Phi) is 7.85. The van der Waals surface area contributed by atoms with Gasteiger partial charge in [0, 0.05) is 6.61 Å². The van der Waals surface area contributed by atoms with Crippen molar-refractivity contribution >= 4 is 14.4 Å². The molecule has 0 saturated carbocycles. The van der Waals surface area contributed by atoms with Gasteiger partial charge in [0.2, 0.25) is 0 Å². The van der Waals surface area contributed by atoms with E-state index in [2.05, 4.69) is 45.8 Å². The van der Waals surface area contributed by atoms with Gasteiger partial charge in [0.25, 0.3) is 0 Å². The van der Waals surface area contributed by atoms with Crippen LogP contribution in [0.25, 0.3) is 0 Å². The molecule has 0 saturated heterocycles. The van der Waals surface area contributed by atoms with Gasteiger partial charge >= 0.3 is 6.09 Å². The number of nitrogens with one attached hydrogen (secondary N) is 1. The summed E-state index contributed by atoms with van der Waals surface area (Å²) in [4.78, 5) is 11.7. The van der Waals surface area contributed by atoms with Gasteiger partial charge in [-0.25, -0.2) is 4.79 Å². The molecule has 0 aromatic carbocycles. The topological polar surface area (TPSA) is 47.6 Å². The number of rotatable bonds is 7. The quantitative estimate of drug-likeness (QED) is 0.412. The Labute approximate surface area is 137 Å². The van der Waals surface area contributed by atoms with Gasteiger partial charge in [-0.05, 0) is 51.7 Å². The van der Waals surface area contributed by atoms with E-state index in [-0.39, 0.29) is 11.1 Å². The normalized spacial score (nSPS) is 14.4. The maximum atomic E-state index is 11.7. The first-order chi connectivity index (χ1) is 9.78. The fraction of sp³-hybridized carbons (Fsp3) is 0.824. The summed E-state index contributed by atoms with van der Waals surface area (Å²) in [6.07, 6.45) is 3.04. The molecule has 0 aliphatic rings. The minimum atomic E-state index is -1.69. The fourth-order valence-corrected chi connectivity index (χ4v) is 2.64. The first-order valence-corrected chi connectivity index (χ1v) is 11.0. The number of hydrogen-bond donors (Lipinski definition) is 1. The zero-order chi connectivity index (χ0) is 17.6. The van der Waals surface area contributed by atoms with Crippen molar-refractivity contribution in [2.75, 3.05) is 6.61 Å². The molecule has 0 bridgehead atoms. The number of hydrogen-bond acceptors (Lipinski definition) is 3. The van der Waals surface area contributed by atoms with Gasteiger partial charge < -0.3 is 14.5 Å². The van der Waals surface area contributed by atoms with Crippen molar-refractivity contribution in [2.24, 2.45) is 0 Å². The Bertz CT molecular complexity index is 367. The molecule has 0 aromatic rings. The molecule has 1 amide bonds. The van der Waals surface area contributed by atoms with E-state index in [4.69, 9.17) is 9.16 Å². The lowest BCUT2D eigenvalue weighted by Gasteiger charge is -2.36. The number of alkyl carbamates (subject to hydrolysis) is 1. The van der Waals surface area contributed by atoms with Crippen molar-refractivity contribution in [3.63, 3.8) is 0 Å². The summed E-state index contributed by atoms with van der Waals surface area (Å²) in [7, 11) is -1.69. The molecule has 22 heavy (non-hydrogen) atoms. The lowest BCUT2D eigenvalue weighted by Crippen LogP contribution is -2.41. The predicted octanol–water partition coefficient (Wildman–Crippen LogP) is 4.87. The Morgan fingerprint density at radius 3 is 2.18 bits per heavy atom. The monoisotopic (exact) mass is 329 g/mol. The number of amides is 1. The van der Waals surface area contributed by atoms with Gasteiger partial charge in [0.15, 0.2) is 8.32 Å². The first-order valence-electron chi connectivity index (χ1n) is 8.04. The molecular weight excluding hydrogens is 294 g/mol. The van der Waals surface area contributed by atoms with Gasteiger partial charge in [0.1, 0.15) is 5.60 Å². The highest BCUT2D eigenvalue weighted by atomic mass is 28.4. The summed E-state index contributed by atoms with van der Waals surface area (Å²) in [5.41, 5.74) is -0.485. The van der Waals surface area contributed by atoms with E-state index in [0.29, 0.717) is 0 Å². The molecule has 0 rings (SSSR count).